The van der Waals surface area contributed by atoms with E-state index in [1.54, 1.807) is 14.2 Å². The Hall–Kier alpha value is -1.01. The maximum Gasteiger partial charge on any atom is 0.179 e. The van der Waals surface area contributed by atoms with Gasteiger partial charge in [0.1, 0.15) is 0 Å². The molecule has 1 aromatic carbocycles. The standard InChI is InChI=1S/C14H20ClNO4/c1-17-12-4-3-10(13(15)14(12)18-2)7-16-8-11-9-19-5-6-20-11/h3-4,11,16H,5-9H2,1-2H3. The van der Waals surface area contributed by atoms with Gasteiger partial charge in [0, 0.05) is 13.1 Å². The predicted octanol–water partition coefficient (Wildman–Crippen LogP) is 1.86. The number of methoxy groups -OCH3 is 2. The third-order valence-electron chi connectivity index (χ3n) is 3.14. The van der Waals surface area contributed by atoms with Gasteiger partial charge >= 0.3 is 0 Å². The fourth-order valence-electron chi connectivity index (χ4n) is 2.09. The van der Waals surface area contributed by atoms with E-state index >= 15 is 0 Å². The molecule has 0 saturated carbocycles. The first kappa shape index (κ1) is 15.4. The molecule has 1 aromatic rings. The van der Waals surface area contributed by atoms with Crippen LogP contribution in [0, 0.1) is 0 Å². The van der Waals surface area contributed by atoms with Gasteiger partial charge in [0.25, 0.3) is 0 Å². The summed E-state index contributed by atoms with van der Waals surface area (Å²) in [5.74, 6) is 1.19. The summed E-state index contributed by atoms with van der Waals surface area (Å²) in [5.41, 5.74) is 0.959. The zero-order valence-corrected chi connectivity index (χ0v) is 12.5. The molecule has 1 aliphatic rings. The van der Waals surface area contributed by atoms with Gasteiger partial charge in [0.15, 0.2) is 11.5 Å². The van der Waals surface area contributed by atoms with Crippen LogP contribution in [0.25, 0.3) is 0 Å². The summed E-state index contributed by atoms with van der Waals surface area (Å²) in [6.45, 7) is 3.33. The van der Waals surface area contributed by atoms with Crippen LogP contribution in [0.2, 0.25) is 5.02 Å². The molecule has 0 bridgehead atoms. The van der Waals surface area contributed by atoms with Gasteiger partial charge in [-0.1, -0.05) is 17.7 Å². The minimum Gasteiger partial charge on any atom is -0.493 e. The van der Waals surface area contributed by atoms with Crippen LogP contribution in [0.4, 0.5) is 0 Å². The Labute approximate surface area is 124 Å². The average Bonchev–Trinajstić information content (AvgIpc) is 2.49. The maximum absolute atomic E-state index is 6.31. The van der Waals surface area contributed by atoms with Gasteiger partial charge in [0.2, 0.25) is 0 Å². The summed E-state index contributed by atoms with van der Waals surface area (Å²) in [7, 11) is 3.17. The predicted molar refractivity (Wildman–Crippen MR) is 76.8 cm³/mol. The van der Waals surface area contributed by atoms with Crippen molar-refractivity contribution in [1.82, 2.24) is 5.32 Å². The van der Waals surface area contributed by atoms with Gasteiger partial charge in [0.05, 0.1) is 45.2 Å². The lowest BCUT2D eigenvalue weighted by Crippen LogP contribution is -2.37. The molecule has 112 valence electrons. The highest BCUT2D eigenvalue weighted by Crippen LogP contribution is 2.37. The molecule has 0 amide bonds. The maximum atomic E-state index is 6.31. The summed E-state index contributed by atoms with van der Waals surface area (Å²) in [5, 5.41) is 3.88. The third-order valence-corrected chi connectivity index (χ3v) is 3.55. The van der Waals surface area contributed by atoms with Crippen LogP contribution in [0.15, 0.2) is 12.1 Å². The van der Waals surface area contributed by atoms with Crippen molar-refractivity contribution in [3.05, 3.63) is 22.7 Å². The zero-order valence-electron chi connectivity index (χ0n) is 11.8. The van der Waals surface area contributed by atoms with E-state index in [4.69, 9.17) is 30.5 Å². The Morgan fingerprint density at radius 2 is 2.15 bits per heavy atom. The molecular weight excluding hydrogens is 282 g/mol. The molecule has 0 radical (unpaired) electrons. The molecule has 1 N–H and O–H groups in total. The van der Waals surface area contributed by atoms with Gasteiger partial charge in [-0.15, -0.1) is 0 Å². The minimum absolute atomic E-state index is 0.0997. The van der Waals surface area contributed by atoms with E-state index in [0.717, 1.165) is 12.1 Å². The summed E-state index contributed by atoms with van der Waals surface area (Å²) < 4.78 is 21.4. The number of ether oxygens (including phenoxy) is 4. The third kappa shape index (κ3) is 3.76. The Morgan fingerprint density at radius 1 is 1.30 bits per heavy atom. The number of hydrogen-bond acceptors (Lipinski definition) is 5. The van der Waals surface area contributed by atoms with Crippen LogP contribution in [-0.2, 0) is 16.0 Å². The average molecular weight is 302 g/mol. The van der Waals surface area contributed by atoms with E-state index in [1.165, 1.54) is 0 Å². The van der Waals surface area contributed by atoms with Crippen LogP contribution in [-0.4, -0.2) is 46.7 Å². The Kier molecular flexibility index (Phi) is 5.91. The van der Waals surface area contributed by atoms with Gasteiger partial charge in [-0.25, -0.2) is 0 Å². The highest BCUT2D eigenvalue weighted by Gasteiger charge is 2.15. The van der Waals surface area contributed by atoms with Crippen LogP contribution < -0.4 is 14.8 Å². The lowest BCUT2D eigenvalue weighted by Gasteiger charge is -2.23. The summed E-state index contributed by atoms with van der Waals surface area (Å²) in [4.78, 5) is 0. The van der Waals surface area contributed by atoms with Crippen LogP contribution >= 0.6 is 11.6 Å². The van der Waals surface area contributed by atoms with Crippen molar-refractivity contribution >= 4 is 11.6 Å². The van der Waals surface area contributed by atoms with Crippen LogP contribution in [0.3, 0.4) is 0 Å². The number of nitrogens with one attached hydrogen (secondary N) is 1. The molecule has 5 nitrogen and oxygen atoms in total. The smallest absolute Gasteiger partial charge is 0.179 e. The van der Waals surface area contributed by atoms with E-state index < -0.39 is 0 Å². The molecule has 0 aliphatic carbocycles. The highest BCUT2D eigenvalue weighted by atomic mass is 35.5. The van der Waals surface area contributed by atoms with Crippen molar-refractivity contribution in [2.24, 2.45) is 0 Å². The highest BCUT2D eigenvalue weighted by molar-refractivity contribution is 6.33. The van der Waals surface area contributed by atoms with E-state index in [0.29, 0.717) is 42.9 Å². The second-order valence-electron chi connectivity index (χ2n) is 4.47. The molecule has 0 spiro atoms. The number of benzene rings is 1. The van der Waals surface area contributed by atoms with Crippen LogP contribution in [0.5, 0.6) is 11.5 Å². The Bertz CT molecular complexity index is 435. The van der Waals surface area contributed by atoms with Crippen molar-refractivity contribution in [3.63, 3.8) is 0 Å². The molecule has 1 saturated heterocycles. The molecule has 6 heteroatoms. The molecule has 1 unspecified atom stereocenters. The number of rotatable bonds is 6. The van der Waals surface area contributed by atoms with Crippen molar-refractivity contribution in [2.45, 2.75) is 12.6 Å². The van der Waals surface area contributed by atoms with E-state index in [9.17, 15) is 0 Å². The van der Waals surface area contributed by atoms with Crippen molar-refractivity contribution in [2.75, 3.05) is 40.6 Å². The number of halogens is 1. The lowest BCUT2D eigenvalue weighted by molar-refractivity contribution is -0.0864. The first-order valence-electron chi connectivity index (χ1n) is 6.55. The first-order valence-corrected chi connectivity index (χ1v) is 6.93. The number of hydrogen-bond donors (Lipinski definition) is 1. The molecule has 1 fully saturated rings. The van der Waals surface area contributed by atoms with Gasteiger partial charge in [-0.3, -0.25) is 0 Å². The van der Waals surface area contributed by atoms with Gasteiger partial charge < -0.3 is 24.3 Å². The van der Waals surface area contributed by atoms with E-state index in [2.05, 4.69) is 5.32 Å². The second kappa shape index (κ2) is 7.69. The van der Waals surface area contributed by atoms with Crippen LogP contribution in [0.1, 0.15) is 5.56 Å². The second-order valence-corrected chi connectivity index (χ2v) is 4.85. The lowest BCUT2D eigenvalue weighted by atomic mass is 10.2. The van der Waals surface area contributed by atoms with E-state index in [1.807, 2.05) is 12.1 Å². The van der Waals surface area contributed by atoms with Crippen molar-refractivity contribution in [1.29, 1.82) is 0 Å². The normalized spacial score (nSPS) is 18.9. The Balaban J connectivity index is 1.92. The monoisotopic (exact) mass is 301 g/mol. The van der Waals surface area contributed by atoms with E-state index in [-0.39, 0.29) is 6.10 Å². The largest absolute Gasteiger partial charge is 0.493 e. The molecule has 1 atom stereocenters. The SMILES string of the molecule is COc1ccc(CNCC2COCCO2)c(Cl)c1OC. The fraction of sp³-hybridized carbons (Fsp3) is 0.571. The van der Waals surface area contributed by atoms with Gasteiger partial charge in [-0.05, 0) is 11.6 Å². The molecule has 20 heavy (non-hydrogen) atoms. The zero-order chi connectivity index (χ0) is 14.4. The molecule has 2 rings (SSSR count). The summed E-state index contributed by atoms with van der Waals surface area (Å²) in [6.07, 6.45) is 0.0997. The first-order chi connectivity index (χ1) is 9.76. The van der Waals surface area contributed by atoms with Gasteiger partial charge in [-0.2, -0.15) is 0 Å². The molecule has 1 heterocycles. The quantitative estimate of drug-likeness (QED) is 0.869. The fourth-order valence-corrected chi connectivity index (χ4v) is 2.39. The molecular formula is C14H20ClNO4. The summed E-state index contributed by atoms with van der Waals surface area (Å²) >= 11 is 6.31. The van der Waals surface area contributed by atoms with Crippen molar-refractivity contribution in [3.8, 4) is 11.5 Å². The topological polar surface area (TPSA) is 49.0 Å². The van der Waals surface area contributed by atoms with Crippen molar-refractivity contribution < 1.29 is 18.9 Å². The molecule has 0 aromatic heterocycles. The Morgan fingerprint density at radius 3 is 2.80 bits per heavy atom. The molecule has 1 aliphatic heterocycles. The minimum atomic E-state index is 0.0997. The summed E-state index contributed by atoms with van der Waals surface area (Å²) in [6, 6.07) is 3.77.